The number of pyridine rings is 1. The van der Waals surface area contributed by atoms with Crippen LogP contribution in [-0.2, 0) is 0 Å². The Labute approximate surface area is 164 Å². The van der Waals surface area contributed by atoms with E-state index >= 15 is 0 Å². The number of nitrogens with one attached hydrogen (secondary N) is 1. The molecule has 6 nitrogen and oxygen atoms in total. The molecule has 1 aliphatic rings. The molecule has 144 valence electrons. The minimum absolute atomic E-state index is 0.178. The van der Waals surface area contributed by atoms with Crippen molar-refractivity contribution in [2.75, 3.05) is 0 Å². The van der Waals surface area contributed by atoms with Crippen molar-refractivity contribution in [3.05, 3.63) is 65.9 Å². The third-order valence-corrected chi connectivity index (χ3v) is 5.33. The zero-order valence-electron chi connectivity index (χ0n) is 16.0. The molecule has 1 unspecified atom stereocenters. The Hall–Kier alpha value is -2.86. The smallest absolute Gasteiger partial charge is 0.254 e. The maximum Gasteiger partial charge on any atom is 0.254 e. The summed E-state index contributed by atoms with van der Waals surface area (Å²) in [6.45, 7) is 4.03. The molecule has 1 atom stereocenters. The topological polar surface area (TPSA) is 88.0 Å². The lowest BCUT2D eigenvalue weighted by molar-refractivity contribution is 0.0235. The van der Waals surface area contributed by atoms with Crippen LogP contribution in [0.4, 0.5) is 0 Å². The van der Waals surface area contributed by atoms with Crippen LogP contribution >= 0.6 is 0 Å². The van der Waals surface area contributed by atoms with Crippen molar-refractivity contribution in [1.82, 2.24) is 20.3 Å². The maximum absolute atomic E-state index is 12.8. The predicted molar refractivity (Wildman–Crippen MR) is 107 cm³/mol. The van der Waals surface area contributed by atoms with Crippen molar-refractivity contribution in [2.24, 2.45) is 5.92 Å². The van der Waals surface area contributed by atoms with Gasteiger partial charge in [-0.15, -0.1) is 0 Å². The van der Waals surface area contributed by atoms with Gasteiger partial charge < -0.3 is 10.4 Å². The van der Waals surface area contributed by atoms with Crippen LogP contribution in [-0.4, -0.2) is 32.1 Å². The lowest BCUT2D eigenvalue weighted by Gasteiger charge is -2.38. The number of carbonyl (C=O) groups excluding carboxylic acids is 1. The van der Waals surface area contributed by atoms with Gasteiger partial charge in [-0.3, -0.25) is 9.78 Å². The molecular weight excluding hydrogens is 352 g/mol. The van der Waals surface area contributed by atoms with E-state index in [-0.39, 0.29) is 29.9 Å². The summed E-state index contributed by atoms with van der Waals surface area (Å²) in [5.41, 5.74) is 2.30. The molecule has 2 aromatic heterocycles. The van der Waals surface area contributed by atoms with Crippen molar-refractivity contribution in [3.63, 3.8) is 0 Å². The highest BCUT2D eigenvalue weighted by Crippen LogP contribution is 2.38. The van der Waals surface area contributed by atoms with Crippen molar-refractivity contribution in [1.29, 1.82) is 0 Å². The van der Waals surface area contributed by atoms with Gasteiger partial charge in [0.05, 0.1) is 23.2 Å². The van der Waals surface area contributed by atoms with Gasteiger partial charge in [0.15, 0.2) is 0 Å². The second-order valence-corrected chi connectivity index (χ2v) is 7.78. The Kier molecular flexibility index (Phi) is 5.05. The number of carbonyl (C=O) groups is 1. The average molecular weight is 376 g/mol. The molecule has 1 fully saturated rings. The van der Waals surface area contributed by atoms with E-state index in [1.807, 2.05) is 44.3 Å². The number of para-hydroxylation sites is 1. The number of fused-ring (bicyclic) bond motifs is 1. The van der Waals surface area contributed by atoms with E-state index in [4.69, 9.17) is 0 Å². The van der Waals surface area contributed by atoms with Gasteiger partial charge in [-0.1, -0.05) is 32.0 Å². The predicted octanol–water partition coefficient (Wildman–Crippen LogP) is 3.39. The number of amides is 1. The molecular formula is C22H24N4O2. The Balaban J connectivity index is 1.59. The fourth-order valence-corrected chi connectivity index (χ4v) is 3.61. The van der Waals surface area contributed by atoms with Crippen LogP contribution in [0.3, 0.4) is 0 Å². The highest BCUT2D eigenvalue weighted by atomic mass is 16.3. The Bertz CT molecular complexity index is 981. The standard InChI is InChI=1S/C22H24N4O2/c1-13(2)21-24-11-17(12-25-21)22(28)26-20(15-8-18(27)9-15)16-7-14-5-3-4-6-19(14)23-10-16/h3-7,10-13,15,18,20,27H,8-9H2,1-2H3,(H,26,28). The molecule has 6 heteroatoms. The first-order chi connectivity index (χ1) is 13.5. The van der Waals surface area contributed by atoms with E-state index in [0.717, 1.165) is 16.5 Å². The first kappa shape index (κ1) is 18.5. The van der Waals surface area contributed by atoms with Crippen molar-refractivity contribution < 1.29 is 9.90 Å². The third kappa shape index (κ3) is 3.73. The quantitative estimate of drug-likeness (QED) is 0.713. The maximum atomic E-state index is 12.8. The lowest BCUT2D eigenvalue weighted by Crippen LogP contribution is -2.41. The molecule has 2 N–H and O–H groups in total. The zero-order chi connectivity index (χ0) is 19.7. The number of aliphatic hydroxyl groups excluding tert-OH is 1. The first-order valence-electron chi connectivity index (χ1n) is 9.67. The third-order valence-electron chi connectivity index (χ3n) is 5.33. The van der Waals surface area contributed by atoms with Gasteiger partial charge >= 0.3 is 0 Å². The Morgan fingerprint density at radius 3 is 2.50 bits per heavy atom. The number of hydrogen-bond donors (Lipinski definition) is 2. The van der Waals surface area contributed by atoms with E-state index in [1.54, 1.807) is 12.4 Å². The number of nitrogens with zero attached hydrogens (tertiary/aromatic N) is 3. The second-order valence-electron chi connectivity index (χ2n) is 7.78. The van der Waals surface area contributed by atoms with Crippen LogP contribution in [0, 0.1) is 5.92 Å². The number of hydrogen-bond acceptors (Lipinski definition) is 5. The Morgan fingerprint density at radius 1 is 1.11 bits per heavy atom. The minimum atomic E-state index is -0.300. The summed E-state index contributed by atoms with van der Waals surface area (Å²) >= 11 is 0. The van der Waals surface area contributed by atoms with Crippen LogP contribution in [0.25, 0.3) is 10.9 Å². The molecule has 0 spiro atoms. The fourth-order valence-electron chi connectivity index (χ4n) is 3.61. The van der Waals surface area contributed by atoms with Gasteiger partial charge in [-0.25, -0.2) is 9.97 Å². The van der Waals surface area contributed by atoms with E-state index < -0.39 is 0 Å². The van der Waals surface area contributed by atoms with Crippen LogP contribution in [0.1, 0.15) is 60.4 Å². The molecule has 0 radical (unpaired) electrons. The average Bonchev–Trinajstić information content (AvgIpc) is 2.69. The monoisotopic (exact) mass is 376 g/mol. The highest BCUT2D eigenvalue weighted by Gasteiger charge is 2.36. The molecule has 1 amide bonds. The molecule has 1 aliphatic carbocycles. The molecule has 4 rings (SSSR count). The number of rotatable bonds is 5. The highest BCUT2D eigenvalue weighted by molar-refractivity contribution is 5.94. The SMILES string of the molecule is CC(C)c1ncc(C(=O)NC(c2cnc3ccccc3c2)C2CC(O)C2)cn1. The fraction of sp³-hybridized carbons (Fsp3) is 0.364. The van der Waals surface area contributed by atoms with E-state index in [9.17, 15) is 9.90 Å². The Morgan fingerprint density at radius 2 is 1.82 bits per heavy atom. The molecule has 1 saturated carbocycles. The first-order valence-corrected chi connectivity index (χ1v) is 9.67. The molecule has 0 bridgehead atoms. The van der Waals surface area contributed by atoms with Crippen molar-refractivity contribution in [3.8, 4) is 0 Å². The summed E-state index contributed by atoms with van der Waals surface area (Å²) in [6.07, 6.45) is 6.00. The molecule has 28 heavy (non-hydrogen) atoms. The molecule has 2 heterocycles. The summed E-state index contributed by atoms with van der Waals surface area (Å²) < 4.78 is 0. The number of aromatic nitrogens is 3. The summed E-state index contributed by atoms with van der Waals surface area (Å²) in [5.74, 6) is 0.895. The summed E-state index contributed by atoms with van der Waals surface area (Å²) in [6, 6.07) is 9.76. The van der Waals surface area contributed by atoms with Crippen molar-refractivity contribution >= 4 is 16.8 Å². The molecule has 3 aromatic rings. The molecule has 0 saturated heterocycles. The van der Waals surface area contributed by atoms with Gasteiger partial charge in [0.1, 0.15) is 5.82 Å². The van der Waals surface area contributed by atoms with Gasteiger partial charge in [-0.2, -0.15) is 0 Å². The van der Waals surface area contributed by atoms with Gasteiger partial charge in [-0.05, 0) is 36.5 Å². The van der Waals surface area contributed by atoms with E-state index in [1.165, 1.54) is 0 Å². The second kappa shape index (κ2) is 7.64. The van der Waals surface area contributed by atoms with Crippen LogP contribution in [0.2, 0.25) is 0 Å². The van der Waals surface area contributed by atoms with E-state index in [0.29, 0.717) is 24.2 Å². The van der Waals surface area contributed by atoms with Gasteiger partial charge in [0.25, 0.3) is 5.91 Å². The lowest BCUT2D eigenvalue weighted by atomic mass is 9.75. The van der Waals surface area contributed by atoms with Gasteiger partial charge in [0.2, 0.25) is 0 Å². The summed E-state index contributed by atoms with van der Waals surface area (Å²) in [7, 11) is 0. The van der Waals surface area contributed by atoms with Crippen LogP contribution < -0.4 is 5.32 Å². The minimum Gasteiger partial charge on any atom is -0.393 e. The summed E-state index contributed by atoms with van der Waals surface area (Å²) in [4.78, 5) is 25.9. The molecule has 1 aromatic carbocycles. The zero-order valence-corrected chi connectivity index (χ0v) is 16.0. The van der Waals surface area contributed by atoms with Crippen LogP contribution in [0.15, 0.2) is 48.9 Å². The normalized spacial score (nSPS) is 20.0. The summed E-state index contributed by atoms with van der Waals surface area (Å²) in [5, 5.41) is 13.9. The van der Waals surface area contributed by atoms with Gasteiger partial charge in [0, 0.05) is 29.9 Å². The molecule has 0 aliphatic heterocycles. The van der Waals surface area contributed by atoms with Crippen molar-refractivity contribution in [2.45, 2.75) is 44.8 Å². The van der Waals surface area contributed by atoms with Crippen LogP contribution in [0.5, 0.6) is 0 Å². The number of aliphatic hydroxyl groups is 1. The van der Waals surface area contributed by atoms with E-state index in [2.05, 4.69) is 26.3 Å². The largest absolute Gasteiger partial charge is 0.393 e. The number of benzene rings is 1.